The number of hydrogen-bond acceptors (Lipinski definition) is 4. The number of nitrogens with zero attached hydrogens (tertiary/aromatic N) is 1. The van der Waals surface area contributed by atoms with Gasteiger partial charge in [0.15, 0.2) is 0 Å². The molecule has 0 fully saturated rings. The largest absolute Gasteiger partial charge is 0.416 e. The molecule has 3 aromatic rings. The maximum Gasteiger partial charge on any atom is 0.416 e. The molecule has 0 aliphatic heterocycles. The Kier molecular flexibility index (Phi) is 8.66. The minimum atomic E-state index is -4.75. The predicted octanol–water partition coefficient (Wildman–Crippen LogP) is 6.31. The standard InChI is InChI=1S/C27H27ClF3N3O4S/c1-26(2,3)18-10-8-17(9-11-18)25(36)33-21-7-5-6-20(15-21)32-24(35)16-34(39(4,37)38)23-14-19(27(29,30)31)12-13-22(23)28/h5-15H,16H2,1-4H3,(H,32,35)(H,33,36). The van der Waals surface area contributed by atoms with Gasteiger partial charge in [-0.3, -0.25) is 13.9 Å². The lowest BCUT2D eigenvalue weighted by Gasteiger charge is -2.24. The second kappa shape index (κ2) is 11.3. The summed E-state index contributed by atoms with van der Waals surface area (Å²) in [5.74, 6) is -1.21. The highest BCUT2D eigenvalue weighted by atomic mass is 35.5. The third-order valence-corrected chi connectivity index (χ3v) is 7.09. The Labute approximate surface area is 230 Å². The van der Waals surface area contributed by atoms with Crippen molar-refractivity contribution in [2.45, 2.75) is 32.4 Å². The average Bonchev–Trinajstić information content (AvgIpc) is 2.81. The quantitative estimate of drug-likeness (QED) is 0.342. The van der Waals surface area contributed by atoms with Gasteiger partial charge >= 0.3 is 6.18 Å². The van der Waals surface area contributed by atoms with Crippen molar-refractivity contribution in [3.8, 4) is 0 Å². The molecule has 0 spiro atoms. The van der Waals surface area contributed by atoms with Crippen molar-refractivity contribution in [1.29, 1.82) is 0 Å². The van der Waals surface area contributed by atoms with Crippen LogP contribution in [0.1, 0.15) is 42.3 Å². The van der Waals surface area contributed by atoms with Crippen molar-refractivity contribution in [3.63, 3.8) is 0 Å². The summed E-state index contributed by atoms with van der Waals surface area (Å²) in [6.07, 6.45) is -3.99. The molecule has 0 aromatic heterocycles. The molecule has 0 saturated carbocycles. The van der Waals surface area contributed by atoms with Crippen molar-refractivity contribution < 1.29 is 31.2 Å². The maximum atomic E-state index is 13.2. The predicted molar refractivity (Wildman–Crippen MR) is 147 cm³/mol. The normalized spacial score (nSPS) is 12.1. The summed E-state index contributed by atoms with van der Waals surface area (Å²) >= 11 is 6.00. The number of carbonyl (C=O) groups is 2. The Morgan fingerprint density at radius 1 is 0.872 bits per heavy atom. The summed E-state index contributed by atoms with van der Waals surface area (Å²) < 4.78 is 64.8. The number of amides is 2. The van der Waals surface area contributed by atoms with E-state index in [4.69, 9.17) is 11.6 Å². The molecule has 2 N–H and O–H groups in total. The van der Waals surface area contributed by atoms with E-state index in [1.54, 1.807) is 24.3 Å². The van der Waals surface area contributed by atoms with Crippen LogP contribution in [0, 0.1) is 0 Å². The van der Waals surface area contributed by atoms with Gasteiger partial charge in [0, 0.05) is 16.9 Å². The molecule has 208 valence electrons. The van der Waals surface area contributed by atoms with Gasteiger partial charge in [0.1, 0.15) is 6.54 Å². The van der Waals surface area contributed by atoms with E-state index in [1.807, 2.05) is 12.1 Å². The molecule has 12 heteroatoms. The number of hydrogen-bond donors (Lipinski definition) is 2. The van der Waals surface area contributed by atoms with Gasteiger partial charge in [0.05, 0.1) is 22.5 Å². The Hall–Kier alpha value is -3.57. The van der Waals surface area contributed by atoms with Gasteiger partial charge in [-0.05, 0) is 59.5 Å². The number of nitrogens with one attached hydrogen (secondary N) is 2. The fourth-order valence-corrected chi connectivity index (χ4v) is 4.72. The van der Waals surface area contributed by atoms with E-state index in [9.17, 15) is 31.2 Å². The van der Waals surface area contributed by atoms with E-state index < -0.39 is 39.9 Å². The molecule has 3 aromatic carbocycles. The molecule has 7 nitrogen and oxygen atoms in total. The number of sulfonamides is 1. The molecule has 0 radical (unpaired) electrons. The summed E-state index contributed by atoms with van der Waals surface area (Å²) in [6, 6.07) is 15.5. The van der Waals surface area contributed by atoms with E-state index in [0.717, 1.165) is 17.9 Å². The number of alkyl halides is 3. The molecule has 0 aliphatic carbocycles. The molecule has 0 heterocycles. The summed E-state index contributed by atoms with van der Waals surface area (Å²) in [5, 5.41) is 4.95. The average molecular weight is 582 g/mol. The molecule has 2 amide bonds. The zero-order chi connectivity index (χ0) is 29.2. The van der Waals surface area contributed by atoms with Gasteiger partial charge in [0.2, 0.25) is 15.9 Å². The lowest BCUT2D eigenvalue weighted by atomic mass is 9.87. The molecule has 0 atom stereocenters. The molecule has 39 heavy (non-hydrogen) atoms. The first-order valence-corrected chi connectivity index (χ1v) is 13.8. The van der Waals surface area contributed by atoms with Crippen molar-refractivity contribution in [1.82, 2.24) is 0 Å². The first-order valence-electron chi connectivity index (χ1n) is 11.6. The van der Waals surface area contributed by atoms with Crippen molar-refractivity contribution in [2.24, 2.45) is 0 Å². The summed E-state index contributed by atoms with van der Waals surface area (Å²) in [5.41, 5.74) is 0.413. The topological polar surface area (TPSA) is 95.6 Å². The van der Waals surface area contributed by atoms with Crippen LogP contribution in [0.4, 0.5) is 30.2 Å². The van der Waals surface area contributed by atoms with Crippen LogP contribution >= 0.6 is 11.6 Å². The van der Waals surface area contributed by atoms with Gasteiger partial charge in [-0.25, -0.2) is 8.42 Å². The highest BCUT2D eigenvalue weighted by Crippen LogP contribution is 2.36. The smallest absolute Gasteiger partial charge is 0.324 e. The fraction of sp³-hybridized carbons (Fsp3) is 0.259. The van der Waals surface area contributed by atoms with Crippen LogP contribution in [0.5, 0.6) is 0 Å². The molecule has 0 unspecified atom stereocenters. The minimum absolute atomic E-state index is 0.0688. The van der Waals surface area contributed by atoms with Crippen LogP contribution in [-0.4, -0.2) is 33.0 Å². The second-order valence-electron chi connectivity index (χ2n) is 9.84. The lowest BCUT2D eigenvalue weighted by molar-refractivity contribution is -0.137. The first-order chi connectivity index (χ1) is 17.9. The molecular weight excluding hydrogens is 555 g/mol. The van der Waals surface area contributed by atoms with Gasteiger partial charge in [-0.15, -0.1) is 0 Å². The number of carbonyl (C=O) groups excluding carboxylic acids is 2. The van der Waals surface area contributed by atoms with Gasteiger partial charge in [-0.1, -0.05) is 50.6 Å². The molecule has 0 saturated heterocycles. The SMILES string of the molecule is CC(C)(C)c1ccc(C(=O)Nc2cccc(NC(=O)CN(c3cc(C(F)(F)F)ccc3Cl)S(C)(=O)=O)c2)cc1. The third-order valence-electron chi connectivity index (χ3n) is 5.65. The first kappa shape index (κ1) is 30.0. The Bertz CT molecular complexity index is 1490. The van der Waals surface area contributed by atoms with Crippen molar-refractivity contribution >= 4 is 50.5 Å². The number of anilines is 3. The second-order valence-corrected chi connectivity index (χ2v) is 12.2. The molecular formula is C27H27ClF3N3O4S. The number of benzene rings is 3. The minimum Gasteiger partial charge on any atom is -0.324 e. The van der Waals surface area contributed by atoms with Crippen LogP contribution < -0.4 is 14.9 Å². The van der Waals surface area contributed by atoms with Gasteiger partial charge in [0.25, 0.3) is 5.91 Å². The van der Waals surface area contributed by atoms with Gasteiger partial charge < -0.3 is 10.6 Å². The van der Waals surface area contributed by atoms with Crippen LogP contribution in [0.25, 0.3) is 0 Å². The van der Waals surface area contributed by atoms with E-state index in [0.29, 0.717) is 27.7 Å². The van der Waals surface area contributed by atoms with E-state index >= 15 is 0 Å². The maximum absolute atomic E-state index is 13.2. The summed E-state index contributed by atoms with van der Waals surface area (Å²) in [7, 11) is -4.19. The van der Waals surface area contributed by atoms with E-state index in [-0.39, 0.29) is 22.0 Å². The number of halogens is 4. The molecule has 0 bridgehead atoms. The van der Waals surface area contributed by atoms with Crippen LogP contribution in [0.3, 0.4) is 0 Å². The zero-order valence-corrected chi connectivity index (χ0v) is 23.1. The van der Waals surface area contributed by atoms with Crippen LogP contribution in [-0.2, 0) is 26.4 Å². The fourth-order valence-electron chi connectivity index (χ4n) is 3.59. The van der Waals surface area contributed by atoms with Gasteiger partial charge in [-0.2, -0.15) is 13.2 Å². The lowest BCUT2D eigenvalue weighted by Crippen LogP contribution is -2.37. The third kappa shape index (κ3) is 7.96. The zero-order valence-electron chi connectivity index (χ0n) is 21.6. The van der Waals surface area contributed by atoms with Crippen LogP contribution in [0.15, 0.2) is 66.7 Å². The highest BCUT2D eigenvalue weighted by Gasteiger charge is 2.33. The van der Waals surface area contributed by atoms with Crippen LogP contribution in [0.2, 0.25) is 5.02 Å². The Morgan fingerprint density at radius 2 is 1.44 bits per heavy atom. The molecule has 3 rings (SSSR count). The van der Waals surface area contributed by atoms with E-state index in [1.165, 1.54) is 12.1 Å². The summed E-state index contributed by atoms with van der Waals surface area (Å²) in [6.45, 7) is 5.35. The Morgan fingerprint density at radius 3 is 1.97 bits per heavy atom. The number of rotatable bonds is 7. The summed E-state index contributed by atoms with van der Waals surface area (Å²) in [4.78, 5) is 25.4. The van der Waals surface area contributed by atoms with Crippen molar-refractivity contribution in [3.05, 3.63) is 88.4 Å². The molecule has 0 aliphatic rings. The highest BCUT2D eigenvalue weighted by molar-refractivity contribution is 7.92. The van der Waals surface area contributed by atoms with Crippen molar-refractivity contribution in [2.75, 3.05) is 27.7 Å². The van der Waals surface area contributed by atoms with E-state index in [2.05, 4.69) is 31.4 Å². The monoisotopic (exact) mass is 581 g/mol. The Balaban J connectivity index is 1.75.